The number of aliphatic hydroxyl groups is 1. The van der Waals surface area contributed by atoms with Crippen molar-refractivity contribution in [2.75, 3.05) is 6.61 Å². The average molecular weight is 209 g/mol. The Balaban J connectivity index is 2.67. The average Bonchev–Trinajstić information content (AvgIpc) is 2.58. The van der Waals surface area contributed by atoms with E-state index < -0.39 is 0 Å². The predicted molar refractivity (Wildman–Crippen MR) is 55.8 cm³/mol. The fourth-order valence-electron chi connectivity index (χ4n) is 0.928. The van der Waals surface area contributed by atoms with Gasteiger partial charge in [-0.3, -0.25) is 4.79 Å². The Morgan fingerprint density at radius 2 is 2.50 bits per heavy atom. The van der Waals surface area contributed by atoms with Crippen LogP contribution in [0.1, 0.15) is 17.4 Å². The van der Waals surface area contributed by atoms with Crippen LogP contribution >= 0.6 is 11.3 Å². The van der Waals surface area contributed by atoms with Crippen LogP contribution in [0.25, 0.3) is 0 Å². The highest BCUT2D eigenvalue weighted by molar-refractivity contribution is 7.10. The topological polar surface area (TPSA) is 49.3 Å². The molecule has 4 heteroatoms. The van der Waals surface area contributed by atoms with E-state index >= 15 is 0 Å². The van der Waals surface area contributed by atoms with Gasteiger partial charge in [0.05, 0.1) is 6.54 Å². The third-order valence-corrected chi connectivity index (χ3v) is 2.47. The highest BCUT2D eigenvalue weighted by atomic mass is 32.1. The molecule has 0 aliphatic heterocycles. The van der Waals surface area contributed by atoms with Crippen molar-refractivity contribution in [2.24, 2.45) is 0 Å². The van der Waals surface area contributed by atoms with Crippen LogP contribution in [-0.2, 0) is 11.3 Å². The van der Waals surface area contributed by atoms with Gasteiger partial charge in [0.1, 0.15) is 6.61 Å². The van der Waals surface area contributed by atoms with Crippen LogP contribution in [0.4, 0.5) is 0 Å². The van der Waals surface area contributed by atoms with Crippen LogP contribution < -0.4 is 5.32 Å². The first-order valence-electron chi connectivity index (χ1n) is 4.14. The zero-order valence-corrected chi connectivity index (χ0v) is 8.65. The smallest absolute Gasteiger partial charge is 0.217 e. The number of carbonyl (C=O) groups excluding carboxylic acids is 1. The minimum atomic E-state index is -0.143. The van der Waals surface area contributed by atoms with E-state index in [9.17, 15) is 4.79 Å². The van der Waals surface area contributed by atoms with Gasteiger partial charge in [-0.2, -0.15) is 0 Å². The van der Waals surface area contributed by atoms with Crippen molar-refractivity contribution in [1.82, 2.24) is 5.32 Å². The van der Waals surface area contributed by atoms with E-state index in [-0.39, 0.29) is 12.5 Å². The Labute approximate surface area is 86.8 Å². The molecule has 0 aliphatic rings. The lowest BCUT2D eigenvalue weighted by Gasteiger charge is -1.99. The van der Waals surface area contributed by atoms with Crippen molar-refractivity contribution >= 4 is 17.2 Å². The first-order chi connectivity index (χ1) is 6.74. The fourth-order valence-corrected chi connectivity index (χ4v) is 1.70. The Kier molecular flexibility index (Phi) is 4.17. The summed E-state index contributed by atoms with van der Waals surface area (Å²) in [6.45, 7) is 1.84. The Hall–Kier alpha value is -1.31. The number of rotatable bonds is 2. The number of amides is 1. The maximum absolute atomic E-state index is 10.7. The van der Waals surface area contributed by atoms with Crippen molar-refractivity contribution < 1.29 is 9.90 Å². The number of thiophene rings is 1. The molecule has 1 heterocycles. The molecule has 0 saturated carbocycles. The lowest BCUT2D eigenvalue weighted by molar-refractivity contribution is -0.119. The fraction of sp³-hybridized carbons (Fsp3) is 0.300. The molecule has 14 heavy (non-hydrogen) atoms. The molecule has 0 aromatic carbocycles. The molecule has 0 radical (unpaired) electrons. The van der Waals surface area contributed by atoms with Crippen LogP contribution in [0.15, 0.2) is 11.4 Å². The van der Waals surface area contributed by atoms with E-state index in [1.54, 1.807) is 11.3 Å². The second-order valence-electron chi connectivity index (χ2n) is 2.63. The van der Waals surface area contributed by atoms with Crippen molar-refractivity contribution in [3.63, 3.8) is 0 Å². The molecule has 0 unspecified atom stereocenters. The number of nitrogens with one attached hydrogen (secondary N) is 1. The quantitative estimate of drug-likeness (QED) is 0.705. The molecule has 0 aliphatic carbocycles. The highest BCUT2D eigenvalue weighted by Gasteiger charge is 2.01. The monoisotopic (exact) mass is 209 g/mol. The molecule has 0 bridgehead atoms. The first kappa shape index (κ1) is 10.8. The molecule has 0 atom stereocenters. The lowest BCUT2D eigenvalue weighted by atomic mass is 10.2. The van der Waals surface area contributed by atoms with Crippen molar-refractivity contribution in [1.29, 1.82) is 0 Å². The van der Waals surface area contributed by atoms with Gasteiger partial charge in [0.2, 0.25) is 5.91 Å². The molecule has 1 amide bonds. The Bertz CT molecular complexity index is 373. The summed E-state index contributed by atoms with van der Waals surface area (Å²) in [5.74, 6) is 5.35. The van der Waals surface area contributed by atoms with Gasteiger partial charge in [-0.25, -0.2) is 0 Å². The molecule has 0 saturated heterocycles. The second kappa shape index (κ2) is 5.43. The van der Waals surface area contributed by atoms with Gasteiger partial charge in [0.25, 0.3) is 0 Å². The van der Waals surface area contributed by atoms with Gasteiger partial charge in [0, 0.05) is 17.4 Å². The van der Waals surface area contributed by atoms with E-state index in [1.165, 1.54) is 6.92 Å². The molecule has 1 aromatic rings. The van der Waals surface area contributed by atoms with Crippen molar-refractivity contribution in [2.45, 2.75) is 13.5 Å². The number of carbonyl (C=O) groups is 1. The van der Waals surface area contributed by atoms with Gasteiger partial charge in [-0.15, -0.1) is 11.3 Å². The summed E-state index contributed by atoms with van der Waals surface area (Å²) in [5.41, 5.74) is 0.873. The SMILES string of the molecule is CC(=O)NCc1sccc1C#CCO. The minimum Gasteiger partial charge on any atom is -0.384 e. The highest BCUT2D eigenvalue weighted by Crippen LogP contribution is 2.15. The molecule has 74 valence electrons. The van der Waals surface area contributed by atoms with Crippen LogP contribution in [0.2, 0.25) is 0 Å². The molecule has 3 nitrogen and oxygen atoms in total. The summed E-state index contributed by atoms with van der Waals surface area (Å²) in [6, 6.07) is 1.88. The molecular weight excluding hydrogens is 198 g/mol. The maximum atomic E-state index is 10.7. The predicted octanol–water partition coefficient (Wildman–Crippen LogP) is 0.728. The zero-order valence-electron chi connectivity index (χ0n) is 7.83. The van der Waals surface area contributed by atoms with Gasteiger partial charge >= 0.3 is 0 Å². The van der Waals surface area contributed by atoms with Gasteiger partial charge in [0.15, 0.2) is 0 Å². The van der Waals surface area contributed by atoms with Gasteiger partial charge < -0.3 is 10.4 Å². The molecule has 2 N–H and O–H groups in total. The zero-order chi connectivity index (χ0) is 10.4. The summed E-state index contributed by atoms with van der Waals surface area (Å²) in [4.78, 5) is 11.7. The molecular formula is C10H11NO2S. The first-order valence-corrected chi connectivity index (χ1v) is 5.02. The second-order valence-corrected chi connectivity index (χ2v) is 3.63. The summed E-state index contributed by atoms with van der Waals surface area (Å²) in [5, 5.41) is 13.2. The number of hydrogen-bond acceptors (Lipinski definition) is 3. The molecule has 1 rings (SSSR count). The normalized spacial score (nSPS) is 9.00. The van der Waals surface area contributed by atoms with E-state index in [2.05, 4.69) is 17.2 Å². The molecule has 0 fully saturated rings. The Morgan fingerprint density at radius 3 is 3.14 bits per heavy atom. The standard InChI is InChI=1S/C10H11NO2S/c1-8(13)11-7-10-9(3-2-5-12)4-6-14-10/h4,6,12H,5,7H2,1H3,(H,11,13). The lowest BCUT2D eigenvalue weighted by Crippen LogP contribution is -2.18. The Morgan fingerprint density at radius 1 is 1.71 bits per heavy atom. The van der Waals surface area contributed by atoms with Crippen LogP contribution in [0.3, 0.4) is 0 Å². The van der Waals surface area contributed by atoms with Crippen LogP contribution in [0, 0.1) is 11.8 Å². The van der Waals surface area contributed by atoms with Gasteiger partial charge in [-0.1, -0.05) is 11.8 Å². The van der Waals surface area contributed by atoms with E-state index in [0.717, 1.165) is 10.4 Å². The van der Waals surface area contributed by atoms with Crippen LogP contribution in [-0.4, -0.2) is 17.6 Å². The van der Waals surface area contributed by atoms with Crippen LogP contribution in [0.5, 0.6) is 0 Å². The van der Waals surface area contributed by atoms with E-state index in [4.69, 9.17) is 5.11 Å². The summed E-state index contributed by atoms with van der Waals surface area (Å²) < 4.78 is 0. The minimum absolute atomic E-state index is 0.0560. The maximum Gasteiger partial charge on any atom is 0.217 e. The summed E-state index contributed by atoms with van der Waals surface area (Å²) in [6.07, 6.45) is 0. The third-order valence-electron chi connectivity index (χ3n) is 1.55. The number of hydrogen-bond donors (Lipinski definition) is 2. The molecule has 1 aromatic heterocycles. The largest absolute Gasteiger partial charge is 0.384 e. The van der Waals surface area contributed by atoms with Crippen molar-refractivity contribution in [3.8, 4) is 11.8 Å². The van der Waals surface area contributed by atoms with E-state index in [0.29, 0.717) is 6.54 Å². The summed E-state index contributed by atoms with van der Waals surface area (Å²) >= 11 is 1.54. The third kappa shape index (κ3) is 3.21. The van der Waals surface area contributed by atoms with Crippen molar-refractivity contribution in [3.05, 3.63) is 21.9 Å². The molecule has 0 spiro atoms. The van der Waals surface area contributed by atoms with E-state index in [1.807, 2.05) is 11.4 Å². The van der Waals surface area contributed by atoms with Gasteiger partial charge in [-0.05, 0) is 11.4 Å². The number of aliphatic hydroxyl groups excluding tert-OH is 1. The summed E-state index contributed by atoms with van der Waals surface area (Å²) in [7, 11) is 0.